The molecule has 2 aliphatic rings. The van der Waals surface area contributed by atoms with Crippen molar-refractivity contribution in [1.82, 2.24) is 0 Å². The molecule has 3 rings (SSSR count). The summed E-state index contributed by atoms with van der Waals surface area (Å²) in [6, 6.07) is 2.89. The van der Waals surface area contributed by atoms with Crippen LogP contribution in [0.4, 0.5) is 4.39 Å². The van der Waals surface area contributed by atoms with E-state index in [0.29, 0.717) is 26.9 Å². The highest BCUT2D eigenvalue weighted by Gasteiger charge is 2.54. The van der Waals surface area contributed by atoms with E-state index in [0.717, 1.165) is 0 Å². The van der Waals surface area contributed by atoms with Crippen LogP contribution in [0.2, 0.25) is 5.02 Å². The summed E-state index contributed by atoms with van der Waals surface area (Å²) >= 11 is 9.17. The van der Waals surface area contributed by atoms with Crippen LogP contribution in [0.5, 0.6) is 0 Å². The molecule has 0 amide bonds. The molecular weight excluding hydrogens is 319 g/mol. The maximum Gasteiger partial charge on any atom is 0.130 e. The lowest BCUT2D eigenvalue weighted by Gasteiger charge is -2.13. The molecule has 3 unspecified atom stereocenters. The molecule has 0 aromatic heterocycles. The summed E-state index contributed by atoms with van der Waals surface area (Å²) < 4.78 is 14.4. The van der Waals surface area contributed by atoms with Gasteiger partial charge in [-0.05, 0) is 58.7 Å². The van der Waals surface area contributed by atoms with E-state index in [4.69, 9.17) is 11.6 Å². The number of hydrogen-bond donors (Lipinski definition) is 1. The third kappa shape index (κ3) is 2.10. The average Bonchev–Trinajstić information content (AvgIpc) is 3.07. The average molecular weight is 334 g/mol. The molecule has 3 atom stereocenters. The first-order valence-electron chi connectivity index (χ1n) is 6.42. The Morgan fingerprint density at radius 3 is 2.50 bits per heavy atom. The Morgan fingerprint density at radius 1 is 1.28 bits per heavy atom. The lowest BCUT2D eigenvalue weighted by molar-refractivity contribution is 0.138. The number of aliphatic hydroxyl groups excluding tert-OH is 1. The lowest BCUT2D eigenvalue weighted by Crippen LogP contribution is -2.05. The van der Waals surface area contributed by atoms with Crippen LogP contribution in [-0.4, -0.2) is 5.11 Å². The quantitative estimate of drug-likeness (QED) is 0.777. The largest absolute Gasteiger partial charge is 0.388 e. The second kappa shape index (κ2) is 4.77. The van der Waals surface area contributed by atoms with Gasteiger partial charge in [-0.25, -0.2) is 4.39 Å². The molecule has 1 N–H and O–H groups in total. The van der Waals surface area contributed by atoms with Gasteiger partial charge in [-0.3, -0.25) is 0 Å². The monoisotopic (exact) mass is 332 g/mol. The zero-order valence-electron chi connectivity index (χ0n) is 9.87. The summed E-state index contributed by atoms with van der Waals surface area (Å²) in [5.74, 6) is 1.05. The van der Waals surface area contributed by atoms with Gasteiger partial charge >= 0.3 is 0 Å². The third-order valence-electron chi connectivity index (χ3n) is 4.45. The fraction of sp³-hybridized carbons (Fsp3) is 0.571. The van der Waals surface area contributed by atoms with Crippen LogP contribution in [0.3, 0.4) is 0 Å². The molecule has 2 aliphatic carbocycles. The first kappa shape index (κ1) is 12.9. The van der Waals surface area contributed by atoms with Gasteiger partial charge in [-0.2, -0.15) is 0 Å². The molecule has 1 nitrogen and oxygen atoms in total. The van der Waals surface area contributed by atoms with E-state index in [2.05, 4.69) is 15.9 Å². The number of benzene rings is 1. The fourth-order valence-corrected chi connectivity index (χ4v) is 3.98. The Morgan fingerprint density at radius 2 is 1.89 bits per heavy atom. The molecule has 1 aromatic rings. The lowest BCUT2D eigenvalue weighted by atomic mass is 10.0. The predicted molar refractivity (Wildman–Crippen MR) is 73.0 cm³/mol. The number of hydrogen-bond acceptors (Lipinski definition) is 1. The van der Waals surface area contributed by atoms with Crippen molar-refractivity contribution in [2.75, 3.05) is 0 Å². The summed E-state index contributed by atoms with van der Waals surface area (Å²) in [5, 5.41) is 10.8. The summed E-state index contributed by atoms with van der Waals surface area (Å²) in [6.45, 7) is 0. The van der Waals surface area contributed by atoms with Crippen molar-refractivity contribution in [3.8, 4) is 0 Å². The molecular formula is C14H15BrClFO. The van der Waals surface area contributed by atoms with Gasteiger partial charge in [0, 0.05) is 10.0 Å². The van der Waals surface area contributed by atoms with Gasteiger partial charge in [-0.15, -0.1) is 0 Å². The number of rotatable bonds is 2. The van der Waals surface area contributed by atoms with Gasteiger partial charge in [0.15, 0.2) is 0 Å². The van der Waals surface area contributed by atoms with Crippen molar-refractivity contribution < 1.29 is 9.50 Å². The van der Waals surface area contributed by atoms with Gasteiger partial charge in [0.2, 0.25) is 0 Å². The Hall–Kier alpha value is -0.120. The first-order chi connectivity index (χ1) is 8.59. The molecule has 18 heavy (non-hydrogen) atoms. The normalized spacial score (nSPS) is 31.9. The van der Waals surface area contributed by atoms with Crippen LogP contribution in [0, 0.1) is 23.6 Å². The molecule has 0 aliphatic heterocycles. The van der Waals surface area contributed by atoms with Gasteiger partial charge in [-0.1, -0.05) is 24.4 Å². The number of halogens is 3. The molecule has 0 heterocycles. The van der Waals surface area contributed by atoms with E-state index in [9.17, 15) is 9.50 Å². The first-order valence-corrected chi connectivity index (χ1v) is 7.59. The summed E-state index contributed by atoms with van der Waals surface area (Å²) in [6.07, 6.45) is 4.14. The maximum absolute atomic E-state index is 13.9. The Balaban J connectivity index is 1.85. The summed E-state index contributed by atoms with van der Waals surface area (Å²) in [4.78, 5) is 0. The van der Waals surface area contributed by atoms with Crippen LogP contribution in [-0.2, 0) is 0 Å². The van der Waals surface area contributed by atoms with Crippen LogP contribution in [0.25, 0.3) is 0 Å². The van der Waals surface area contributed by atoms with Crippen LogP contribution < -0.4 is 0 Å². The molecule has 0 radical (unpaired) electrons. The summed E-state index contributed by atoms with van der Waals surface area (Å²) in [5.41, 5.74) is 0.350. The van der Waals surface area contributed by atoms with E-state index in [1.165, 1.54) is 31.7 Å². The highest BCUT2D eigenvalue weighted by molar-refractivity contribution is 9.10. The molecule has 0 saturated heterocycles. The Labute approximate surface area is 119 Å². The van der Waals surface area contributed by atoms with Crippen LogP contribution in [0.15, 0.2) is 16.6 Å². The standard InChI is InChI=1S/C14H15BrClFO/c15-10-6-12(17)9(5-11(10)16)14(18)13-7-3-1-2-4-8(7)13/h5-8,13-14,18H,1-4H2. The van der Waals surface area contributed by atoms with Gasteiger partial charge in [0.1, 0.15) is 5.82 Å². The van der Waals surface area contributed by atoms with Gasteiger partial charge in [0.25, 0.3) is 0 Å². The summed E-state index contributed by atoms with van der Waals surface area (Å²) in [7, 11) is 0. The smallest absolute Gasteiger partial charge is 0.130 e. The Bertz CT molecular complexity index is 467. The minimum absolute atomic E-state index is 0.235. The zero-order valence-corrected chi connectivity index (χ0v) is 12.2. The van der Waals surface area contributed by atoms with E-state index < -0.39 is 6.10 Å². The molecule has 1 aromatic carbocycles. The second-order valence-electron chi connectivity index (χ2n) is 5.42. The van der Waals surface area contributed by atoms with E-state index in [1.54, 1.807) is 6.07 Å². The molecule has 2 saturated carbocycles. The highest BCUT2D eigenvalue weighted by Crippen LogP contribution is 2.60. The van der Waals surface area contributed by atoms with Crippen molar-refractivity contribution in [1.29, 1.82) is 0 Å². The van der Waals surface area contributed by atoms with Crippen molar-refractivity contribution in [2.24, 2.45) is 17.8 Å². The number of aliphatic hydroxyl groups is 1. The second-order valence-corrected chi connectivity index (χ2v) is 6.68. The third-order valence-corrected chi connectivity index (χ3v) is 5.64. The fourth-order valence-electron chi connectivity index (χ4n) is 3.49. The molecule has 4 heteroatoms. The van der Waals surface area contributed by atoms with Crippen LogP contribution >= 0.6 is 27.5 Å². The molecule has 0 bridgehead atoms. The maximum atomic E-state index is 13.9. The zero-order chi connectivity index (χ0) is 12.9. The molecule has 0 spiro atoms. The topological polar surface area (TPSA) is 20.2 Å². The minimum atomic E-state index is -0.705. The van der Waals surface area contributed by atoms with Crippen molar-refractivity contribution in [3.05, 3.63) is 33.0 Å². The van der Waals surface area contributed by atoms with E-state index in [-0.39, 0.29) is 11.7 Å². The van der Waals surface area contributed by atoms with Crippen molar-refractivity contribution in [3.63, 3.8) is 0 Å². The molecule has 98 valence electrons. The predicted octanol–water partition coefficient (Wildman–Crippen LogP) is 4.71. The van der Waals surface area contributed by atoms with Gasteiger partial charge < -0.3 is 5.11 Å². The number of fused-ring (bicyclic) bond motifs is 1. The Kier molecular flexibility index (Phi) is 3.41. The van der Waals surface area contributed by atoms with E-state index >= 15 is 0 Å². The SMILES string of the molecule is OC(c1cc(Cl)c(Br)cc1F)C1C2CCCCC21. The molecule has 2 fully saturated rings. The minimum Gasteiger partial charge on any atom is -0.388 e. The van der Waals surface area contributed by atoms with Crippen molar-refractivity contribution in [2.45, 2.75) is 31.8 Å². The van der Waals surface area contributed by atoms with Crippen LogP contribution in [0.1, 0.15) is 37.4 Å². The van der Waals surface area contributed by atoms with Gasteiger partial charge in [0.05, 0.1) is 11.1 Å². The highest BCUT2D eigenvalue weighted by atomic mass is 79.9. The van der Waals surface area contributed by atoms with Crippen molar-refractivity contribution >= 4 is 27.5 Å². The van der Waals surface area contributed by atoms with E-state index in [1.807, 2.05) is 0 Å².